The van der Waals surface area contributed by atoms with E-state index in [1.54, 1.807) is 54.5 Å². The fraction of sp³-hybridized carbons (Fsp3) is 0.790. The van der Waals surface area contributed by atoms with Crippen molar-refractivity contribution in [1.82, 2.24) is 52.8 Å². The van der Waals surface area contributed by atoms with Crippen LogP contribution in [0.4, 0.5) is 0 Å². The Morgan fingerprint density at radius 2 is 1.16 bits per heavy atom. The van der Waals surface area contributed by atoms with Crippen molar-refractivity contribution in [1.29, 1.82) is 0 Å². The van der Waals surface area contributed by atoms with Crippen molar-refractivity contribution in [2.24, 2.45) is 35.5 Å². The van der Waals surface area contributed by atoms with Gasteiger partial charge in [0.15, 0.2) is 0 Å². The van der Waals surface area contributed by atoms with Crippen molar-refractivity contribution in [3.05, 3.63) is 17.4 Å². The fourth-order valence-corrected chi connectivity index (χ4v) is 9.88. The molecule has 25 nitrogen and oxygen atoms in total. The molecule has 0 bridgehead atoms. The number of hydrogen-bond donors (Lipinski definition) is 11. The van der Waals surface area contributed by atoms with E-state index in [9.17, 15) is 68.2 Å². The molecule has 11 N–H and O–H groups in total. The normalized spacial score (nSPS) is 18.1. The third-order valence-corrected chi connectivity index (χ3v) is 15.1. The number of allylic oxidation sites excluding steroid dienone is 1. The molecule has 10 amide bonds. The molecule has 0 aromatic rings. The second-order valence-corrected chi connectivity index (χ2v) is 27.6. The van der Waals surface area contributed by atoms with Gasteiger partial charge in [-0.15, -0.1) is 0 Å². The third kappa shape index (κ3) is 28.3. The topological polar surface area (TPSA) is 363 Å². The number of carbonyl (C=O) groups is 11. The first-order valence-corrected chi connectivity index (χ1v) is 31.0. The highest BCUT2D eigenvalue weighted by molar-refractivity contribution is 6.00. The lowest BCUT2D eigenvalue weighted by Crippen LogP contribution is -2.66. The van der Waals surface area contributed by atoms with Gasteiger partial charge in [-0.1, -0.05) is 88.7 Å². The Balaban J connectivity index is 3.43. The lowest BCUT2D eigenvalue weighted by atomic mass is 9.92. The number of nitrogens with one attached hydrogen (secondary N) is 9. The van der Waals surface area contributed by atoms with Gasteiger partial charge < -0.3 is 72.8 Å². The van der Waals surface area contributed by atoms with E-state index in [0.29, 0.717) is 13.0 Å². The molecule has 25 heteroatoms. The number of aliphatic hydroxyl groups excluding tert-OH is 2. The summed E-state index contributed by atoms with van der Waals surface area (Å²) >= 11 is 0. The highest BCUT2D eigenvalue weighted by atomic mass is 16.5. The van der Waals surface area contributed by atoms with Crippen LogP contribution in [0.2, 0.25) is 0 Å². The molecule has 0 saturated carbocycles. The lowest BCUT2D eigenvalue weighted by Gasteiger charge is -2.36. The van der Waals surface area contributed by atoms with Crippen molar-refractivity contribution < 1.29 is 67.6 Å². The predicted octanol–water partition coefficient (Wildman–Crippen LogP) is 2.29. The summed E-state index contributed by atoms with van der Waals surface area (Å²) < 4.78 is -0.598. The maximum Gasteiger partial charge on any atom is 0.246 e. The molecular formula is C62H111N11O14. The molecule has 11 atom stereocenters. The van der Waals surface area contributed by atoms with Gasteiger partial charge in [0.2, 0.25) is 59.1 Å². The van der Waals surface area contributed by atoms with Crippen LogP contribution in [-0.2, 0) is 52.7 Å². The van der Waals surface area contributed by atoms with Gasteiger partial charge in [-0.25, -0.2) is 0 Å². The summed E-state index contributed by atoms with van der Waals surface area (Å²) in [6.07, 6.45) is 1.90. The third-order valence-electron chi connectivity index (χ3n) is 15.1. The van der Waals surface area contributed by atoms with Crippen LogP contribution in [0, 0.1) is 40.7 Å². The number of ketones is 1. The molecule has 1 aliphatic rings. The number of hydrogen-bond acceptors (Lipinski definition) is 14. The molecule has 0 aromatic heterocycles. The molecular weight excluding hydrogens is 1120 g/mol. The average Bonchev–Trinajstić information content (AvgIpc) is 3.06. The van der Waals surface area contributed by atoms with E-state index in [2.05, 4.69) is 47.9 Å². The Kier molecular flexibility index (Phi) is 32.0. The number of likely N-dealkylation sites (tertiary alicyclic amines) is 1. The molecule has 0 aromatic carbocycles. The maximum absolute atomic E-state index is 14.6. The molecule has 87 heavy (non-hydrogen) atoms. The number of rotatable bonds is 37. The first kappa shape index (κ1) is 79.0. The van der Waals surface area contributed by atoms with Crippen LogP contribution >= 0.6 is 0 Å². The summed E-state index contributed by atoms with van der Waals surface area (Å²) in [6.45, 7) is 30.2. The smallest absolute Gasteiger partial charge is 0.246 e. The van der Waals surface area contributed by atoms with Gasteiger partial charge in [0.25, 0.3) is 0 Å². The molecule has 0 radical (unpaired) electrons. The summed E-state index contributed by atoms with van der Waals surface area (Å²) in [6, 6.07) is -6.96. The number of likely N-dealkylation sites (N-methyl/N-ethyl adjacent to an activating group) is 1. The lowest BCUT2D eigenvalue weighted by molar-refractivity contribution is -0.840. The molecule has 11 unspecified atom stereocenters. The summed E-state index contributed by atoms with van der Waals surface area (Å²) in [5.41, 5.74) is -5.00. The van der Waals surface area contributed by atoms with Gasteiger partial charge in [0.1, 0.15) is 52.6 Å². The first-order valence-electron chi connectivity index (χ1n) is 31.0. The van der Waals surface area contributed by atoms with Gasteiger partial charge >= 0.3 is 0 Å². The standard InChI is InChI=1S/C62H111N11O14/c1-21-38(9)23-24-49(77)72-33-40(11)31-47(72)55(82)66-46(30-39(10)29-43(75)32-42(74)22-2)53(80)68-50(51(78)37(7)8)56(83)70-61(15,16)58(85)67-44(27-35(3)4)52(79)65-45(28-36(5)6)54(81)69-62(17,18)59(86)71-60(13,14)57(84)63-26-25-48(76)64-41(12)34-73(19,20)87/h23-24,35-41,43-47,50-51,75,78H,21-22,25-34H2,1-20H3,(H,63,84)(H,64,76)(H,65,79)(H,66,82)(H,67,85)(H,68,80)(H,69,81)(H,70,83)(H,71,86)/b24-23+. The summed E-state index contributed by atoms with van der Waals surface area (Å²) in [5.74, 6) is -8.57. The minimum Gasteiger partial charge on any atom is -0.633 e. The SMILES string of the molecule is CCC(=O)CC(O)CC(C)CC(NC(=O)C1CC(C)CN1C(=O)/C=C/C(C)CC)C(=O)NC(C(=O)NC(C)(C)C(=O)NC(CC(C)C)C(=O)NC(CC(C)C)C(=O)NC(C)(C)C(=O)NC(C)(C)C(=O)NCCC(=O)NC(C)C[N+](C)(C)[O-])C(O)C(C)C. The van der Waals surface area contributed by atoms with Crippen LogP contribution in [0.3, 0.4) is 0 Å². The summed E-state index contributed by atoms with van der Waals surface area (Å²) in [7, 11) is 2.91. The van der Waals surface area contributed by atoms with Crippen LogP contribution < -0.4 is 47.9 Å². The molecule has 1 aliphatic heterocycles. The number of hydroxylamine groups is 3. The van der Waals surface area contributed by atoms with Crippen molar-refractivity contribution in [2.45, 2.75) is 247 Å². The van der Waals surface area contributed by atoms with E-state index in [4.69, 9.17) is 0 Å². The summed E-state index contributed by atoms with van der Waals surface area (Å²) in [5, 5.41) is 58.4. The number of aliphatic hydroxyl groups is 2. The number of quaternary nitrogens is 1. The zero-order chi connectivity index (χ0) is 67.3. The highest BCUT2D eigenvalue weighted by Crippen LogP contribution is 2.25. The molecule has 0 spiro atoms. The average molecular weight is 1230 g/mol. The maximum atomic E-state index is 14.6. The summed E-state index contributed by atoms with van der Waals surface area (Å²) in [4.78, 5) is 152. The first-order chi connectivity index (χ1) is 39.9. The Morgan fingerprint density at radius 1 is 0.644 bits per heavy atom. The van der Waals surface area contributed by atoms with Gasteiger partial charge in [-0.05, 0) is 122 Å². The van der Waals surface area contributed by atoms with Gasteiger partial charge in [0, 0.05) is 32.4 Å². The molecule has 0 aliphatic carbocycles. The molecule has 1 saturated heterocycles. The second kappa shape index (κ2) is 35.2. The Bertz CT molecular complexity index is 2390. The Morgan fingerprint density at radius 3 is 1.69 bits per heavy atom. The van der Waals surface area contributed by atoms with Crippen molar-refractivity contribution in [3.8, 4) is 0 Å². The van der Waals surface area contributed by atoms with E-state index in [1.807, 2.05) is 34.6 Å². The van der Waals surface area contributed by atoms with E-state index >= 15 is 0 Å². The zero-order valence-electron chi connectivity index (χ0n) is 55.9. The van der Waals surface area contributed by atoms with Gasteiger partial charge in [-0.3, -0.25) is 52.7 Å². The monoisotopic (exact) mass is 1230 g/mol. The van der Waals surface area contributed by atoms with Crippen LogP contribution in [0.1, 0.15) is 182 Å². The minimum absolute atomic E-state index is 0.0535. The fourth-order valence-electron chi connectivity index (χ4n) is 9.88. The second-order valence-electron chi connectivity index (χ2n) is 27.6. The van der Waals surface area contributed by atoms with E-state index < -0.39 is 129 Å². The van der Waals surface area contributed by atoms with Crippen molar-refractivity contribution in [2.75, 3.05) is 33.7 Å². The van der Waals surface area contributed by atoms with E-state index in [-0.39, 0.29) is 99.3 Å². The number of amides is 10. The van der Waals surface area contributed by atoms with Gasteiger partial charge in [0.05, 0.1) is 38.9 Å². The Hall–Kier alpha value is -6.05. The van der Waals surface area contributed by atoms with Crippen molar-refractivity contribution >= 4 is 64.9 Å². The van der Waals surface area contributed by atoms with Crippen LogP contribution in [0.5, 0.6) is 0 Å². The van der Waals surface area contributed by atoms with Gasteiger partial charge in [-0.2, -0.15) is 0 Å². The zero-order valence-corrected chi connectivity index (χ0v) is 55.9. The van der Waals surface area contributed by atoms with Crippen LogP contribution in [0.15, 0.2) is 12.2 Å². The van der Waals surface area contributed by atoms with Crippen molar-refractivity contribution in [3.63, 3.8) is 0 Å². The Labute approximate surface area is 517 Å². The molecule has 1 rings (SSSR count). The predicted molar refractivity (Wildman–Crippen MR) is 332 cm³/mol. The van der Waals surface area contributed by atoms with E-state index in [1.165, 1.54) is 66.6 Å². The number of carbonyl (C=O) groups excluding carboxylic acids is 11. The van der Waals surface area contributed by atoms with Crippen LogP contribution in [-0.4, -0.2) is 183 Å². The molecule has 498 valence electrons. The highest BCUT2D eigenvalue weighted by Gasteiger charge is 2.43. The number of nitrogens with zero attached hydrogens (tertiary/aromatic N) is 2. The molecule has 1 fully saturated rings. The largest absolute Gasteiger partial charge is 0.633 e. The minimum atomic E-state index is -1.83. The quantitative estimate of drug-likeness (QED) is 0.0242. The van der Waals surface area contributed by atoms with Crippen LogP contribution in [0.25, 0.3) is 0 Å². The molecule has 1 heterocycles. The number of Topliss-reactive ketones (excluding diaryl/α,β-unsaturated/α-hetero) is 1. The van der Waals surface area contributed by atoms with E-state index in [0.717, 1.165) is 6.42 Å².